The second-order valence-electron chi connectivity index (χ2n) is 5.91. The molecule has 0 saturated carbocycles. The Hall–Kier alpha value is -3.06. The van der Waals surface area contributed by atoms with Crippen LogP contribution in [0, 0.1) is 12.7 Å². The van der Waals surface area contributed by atoms with Gasteiger partial charge in [0.2, 0.25) is 5.88 Å². The van der Waals surface area contributed by atoms with Gasteiger partial charge >= 0.3 is 0 Å². The Balaban J connectivity index is 1.94. The summed E-state index contributed by atoms with van der Waals surface area (Å²) in [7, 11) is 1.61. The Bertz CT molecular complexity index is 931. The summed E-state index contributed by atoms with van der Waals surface area (Å²) in [6, 6.07) is 7.81. The van der Waals surface area contributed by atoms with Gasteiger partial charge in [-0.2, -0.15) is 0 Å². The number of aryl methyl sites for hydroxylation is 1. The van der Waals surface area contributed by atoms with Crippen molar-refractivity contribution in [2.45, 2.75) is 13.0 Å². The molecular weight excluding hydrogens is 347 g/mol. The molecule has 0 amide bonds. The molecule has 1 atom stereocenters. The molecule has 2 aromatic heterocycles. The van der Waals surface area contributed by atoms with Gasteiger partial charge in [0.25, 0.3) is 0 Å². The molecule has 140 valence electrons. The number of methoxy groups -OCH3 is 1. The number of pyridine rings is 1. The highest BCUT2D eigenvalue weighted by Crippen LogP contribution is 2.27. The third-order valence-corrected chi connectivity index (χ3v) is 3.96. The molecule has 2 heterocycles. The summed E-state index contributed by atoms with van der Waals surface area (Å²) >= 11 is 0. The van der Waals surface area contributed by atoms with Crippen LogP contribution in [0.1, 0.15) is 17.4 Å². The van der Waals surface area contributed by atoms with Gasteiger partial charge in [-0.15, -0.1) is 6.58 Å². The van der Waals surface area contributed by atoms with Gasteiger partial charge in [-0.05, 0) is 24.6 Å². The maximum atomic E-state index is 13.2. The SMILES string of the molecule is C=C[C@@H](Nc1nc(C)nc2cnc(OCCOC)cc12)c1ccc(F)cc1. The molecule has 27 heavy (non-hydrogen) atoms. The lowest BCUT2D eigenvalue weighted by Gasteiger charge is -2.18. The Morgan fingerprint density at radius 3 is 2.70 bits per heavy atom. The minimum Gasteiger partial charge on any atom is -0.475 e. The van der Waals surface area contributed by atoms with Gasteiger partial charge in [0, 0.05) is 18.6 Å². The second-order valence-corrected chi connectivity index (χ2v) is 5.91. The number of nitrogens with one attached hydrogen (secondary N) is 1. The van der Waals surface area contributed by atoms with Crippen LogP contribution in [0.4, 0.5) is 10.2 Å². The Morgan fingerprint density at radius 2 is 2.00 bits per heavy atom. The van der Waals surface area contributed by atoms with Gasteiger partial charge in [0.05, 0.1) is 24.4 Å². The van der Waals surface area contributed by atoms with Gasteiger partial charge < -0.3 is 14.8 Å². The van der Waals surface area contributed by atoms with E-state index in [-0.39, 0.29) is 11.9 Å². The summed E-state index contributed by atoms with van der Waals surface area (Å²) < 4.78 is 23.8. The molecule has 7 heteroatoms. The highest BCUT2D eigenvalue weighted by atomic mass is 19.1. The smallest absolute Gasteiger partial charge is 0.214 e. The molecular formula is C20H21FN4O2. The van der Waals surface area contributed by atoms with E-state index in [2.05, 4.69) is 26.8 Å². The average molecular weight is 368 g/mol. The zero-order chi connectivity index (χ0) is 19.2. The minimum absolute atomic E-state index is 0.242. The normalized spacial score (nSPS) is 12.0. The van der Waals surface area contributed by atoms with Gasteiger partial charge in [-0.1, -0.05) is 18.2 Å². The number of hydrogen-bond donors (Lipinski definition) is 1. The summed E-state index contributed by atoms with van der Waals surface area (Å²) in [5.41, 5.74) is 1.58. The fourth-order valence-electron chi connectivity index (χ4n) is 2.64. The lowest BCUT2D eigenvalue weighted by molar-refractivity contribution is 0.144. The van der Waals surface area contributed by atoms with E-state index in [9.17, 15) is 4.39 Å². The molecule has 1 N–H and O–H groups in total. The molecule has 0 unspecified atom stereocenters. The zero-order valence-corrected chi connectivity index (χ0v) is 15.3. The maximum Gasteiger partial charge on any atom is 0.214 e. The predicted octanol–water partition coefficient (Wildman–Crippen LogP) is 3.84. The first-order valence-corrected chi connectivity index (χ1v) is 8.51. The number of anilines is 1. The van der Waals surface area contributed by atoms with E-state index in [0.29, 0.717) is 36.3 Å². The maximum absolute atomic E-state index is 13.2. The van der Waals surface area contributed by atoms with Crippen LogP contribution in [0.5, 0.6) is 5.88 Å². The molecule has 0 bridgehead atoms. The van der Waals surface area contributed by atoms with Crippen LogP contribution in [0.15, 0.2) is 49.2 Å². The van der Waals surface area contributed by atoms with Crippen molar-refractivity contribution in [3.8, 4) is 5.88 Å². The van der Waals surface area contributed by atoms with Crippen molar-refractivity contribution < 1.29 is 13.9 Å². The first kappa shape index (κ1) is 18.7. The van der Waals surface area contributed by atoms with Crippen molar-refractivity contribution in [3.63, 3.8) is 0 Å². The van der Waals surface area contributed by atoms with Crippen LogP contribution < -0.4 is 10.1 Å². The summed E-state index contributed by atoms with van der Waals surface area (Å²) in [5.74, 6) is 1.42. The average Bonchev–Trinajstić information content (AvgIpc) is 2.67. The van der Waals surface area contributed by atoms with E-state index in [4.69, 9.17) is 9.47 Å². The largest absolute Gasteiger partial charge is 0.475 e. The molecule has 0 spiro atoms. The lowest BCUT2D eigenvalue weighted by atomic mass is 10.1. The van der Waals surface area contributed by atoms with Crippen molar-refractivity contribution in [1.82, 2.24) is 15.0 Å². The summed E-state index contributed by atoms with van der Waals surface area (Å²) in [5, 5.41) is 4.12. The van der Waals surface area contributed by atoms with Crippen LogP contribution in [0.25, 0.3) is 10.9 Å². The third-order valence-electron chi connectivity index (χ3n) is 3.96. The number of aromatic nitrogens is 3. The number of fused-ring (bicyclic) bond motifs is 1. The van der Waals surface area contributed by atoms with Crippen LogP contribution in [0.3, 0.4) is 0 Å². The molecule has 0 aliphatic heterocycles. The van der Waals surface area contributed by atoms with E-state index in [1.54, 1.807) is 37.6 Å². The molecule has 0 radical (unpaired) electrons. The summed E-state index contributed by atoms with van der Waals surface area (Å²) in [6.07, 6.45) is 3.39. The van der Waals surface area contributed by atoms with Gasteiger partial charge in [0.15, 0.2) is 0 Å². The minimum atomic E-state index is -0.284. The Labute approximate surface area is 157 Å². The first-order valence-electron chi connectivity index (χ1n) is 8.51. The monoisotopic (exact) mass is 368 g/mol. The quantitative estimate of drug-likeness (QED) is 0.481. The highest BCUT2D eigenvalue weighted by molar-refractivity contribution is 5.89. The van der Waals surface area contributed by atoms with Crippen LogP contribution in [-0.4, -0.2) is 35.3 Å². The fraction of sp³-hybridized carbons (Fsp3) is 0.250. The van der Waals surface area contributed by atoms with E-state index in [1.807, 2.05) is 6.92 Å². The first-order chi connectivity index (χ1) is 13.1. The van der Waals surface area contributed by atoms with Crippen molar-refractivity contribution >= 4 is 16.7 Å². The molecule has 0 aliphatic carbocycles. The number of hydrogen-bond acceptors (Lipinski definition) is 6. The molecule has 0 aliphatic rings. The molecule has 0 fully saturated rings. The topological polar surface area (TPSA) is 69.2 Å². The van der Waals surface area contributed by atoms with E-state index in [0.717, 1.165) is 10.9 Å². The Kier molecular flexibility index (Phi) is 5.93. The third kappa shape index (κ3) is 4.57. The highest BCUT2D eigenvalue weighted by Gasteiger charge is 2.13. The number of ether oxygens (including phenoxy) is 2. The van der Waals surface area contributed by atoms with Gasteiger partial charge in [-0.3, -0.25) is 0 Å². The molecule has 3 rings (SSSR count). The number of benzene rings is 1. The predicted molar refractivity (Wildman–Crippen MR) is 102 cm³/mol. The van der Waals surface area contributed by atoms with E-state index < -0.39 is 0 Å². The summed E-state index contributed by atoms with van der Waals surface area (Å²) in [6.45, 7) is 6.56. The standard InChI is InChI=1S/C20H21FN4O2/c1-4-17(14-5-7-15(21)8-6-14)25-20-16-11-19(27-10-9-26-3)22-12-18(16)23-13(2)24-20/h4-8,11-12,17H,1,9-10H2,2-3H3,(H,23,24,25)/t17-/m1/s1. The number of nitrogens with zero attached hydrogens (tertiary/aromatic N) is 3. The molecule has 3 aromatic rings. The van der Waals surface area contributed by atoms with E-state index in [1.165, 1.54) is 12.1 Å². The van der Waals surface area contributed by atoms with Crippen LogP contribution >= 0.6 is 0 Å². The van der Waals surface area contributed by atoms with Crippen molar-refractivity contribution in [3.05, 3.63) is 66.4 Å². The number of rotatable bonds is 8. The fourth-order valence-corrected chi connectivity index (χ4v) is 2.64. The molecule has 1 aromatic carbocycles. The van der Waals surface area contributed by atoms with Gasteiger partial charge in [-0.25, -0.2) is 19.3 Å². The molecule has 0 saturated heterocycles. The zero-order valence-electron chi connectivity index (χ0n) is 15.3. The lowest BCUT2D eigenvalue weighted by Crippen LogP contribution is -2.11. The number of halogens is 1. The summed E-state index contributed by atoms with van der Waals surface area (Å²) in [4.78, 5) is 13.2. The Morgan fingerprint density at radius 1 is 1.22 bits per heavy atom. The second kappa shape index (κ2) is 8.55. The van der Waals surface area contributed by atoms with Crippen LogP contribution in [-0.2, 0) is 4.74 Å². The van der Waals surface area contributed by atoms with Crippen molar-refractivity contribution in [2.24, 2.45) is 0 Å². The van der Waals surface area contributed by atoms with Crippen molar-refractivity contribution in [1.29, 1.82) is 0 Å². The van der Waals surface area contributed by atoms with Gasteiger partial charge in [0.1, 0.15) is 24.1 Å². The van der Waals surface area contributed by atoms with E-state index >= 15 is 0 Å². The van der Waals surface area contributed by atoms with Crippen LogP contribution in [0.2, 0.25) is 0 Å². The molecule has 6 nitrogen and oxygen atoms in total. The van der Waals surface area contributed by atoms with Crippen molar-refractivity contribution in [2.75, 3.05) is 25.6 Å².